The Morgan fingerprint density at radius 1 is 1.33 bits per heavy atom. The maximum Gasteiger partial charge on any atom is 0.251 e. The maximum atomic E-state index is 11.9. The molecule has 108 valence electrons. The molecule has 7 heteroatoms. The summed E-state index contributed by atoms with van der Waals surface area (Å²) in [7, 11) is 0. The number of nitrogens with zero attached hydrogens (tertiary/aromatic N) is 1. The molecule has 2 aromatic rings. The number of aldehydes is 1. The lowest BCUT2D eigenvalue weighted by Crippen LogP contribution is -2.25. The van der Waals surface area contributed by atoms with Crippen LogP contribution >= 0.6 is 0 Å². The minimum atomic E-state index is -0.660. The smallest absolute Gasteiger partial charge is 0.251 e. The van der Waals surface area contributed by atoms with E-state index >= 15 is 0 Å². The standard InChI is InChI=1S/C14H12N2O5/c17-8-9-2-1-3-10(4-9)14(20)15-6-11-5-12(18)13(19)7-16(11)21/h1-5,7-8,19,21H,6H2,(H,15,20). The Morgan fingerprint density at radius 3 is 2.81 bits per heavy atom. The van der Waals surface area contributed by atoms with Crippen molar-refractivity contribution in [1.82, 2.24) is 10.0 Å². The summed E-state index contributed by atoms with van der Waals surface area (Å²) in [6.07, 6.45) is 1.47. The van der Waals surface area contributed by atoms with Gasteiger partial charge >= 0.3 is 0 Å². The van der Waals surface area contributed by atoms with Crippen LogP contribution < -0.4 is 10.7 Å². The van der Waals surface area contributed by atoms with Crippen LogP contribution in [0, 0.1) is 0 Å². The lowest BCUT2D eigenvalue weighted by atomic mass is 10.1. The summed E-state index contributed by atoms with van der Waals surface area (Å²) in [6, 6.07) is 7.10. The fraction of sp³-hybridized carbons (Fsp3) is 0.0714. The highest BCUT2D eigenvalue weighted by molar-refractivity contribution is 5.95. The molecule has 1 heterocycles. The molecule has 0 aliphatic carbocycles. The Labute approximate surface area is 119 Å². The molecule has 0 radical (unpaired) electrons. The van der Waals surface area contributed by atoms with Gasteiger partial charge in [-0.2, -0.15) is 4.73 Å². The second-order valence-electron chi connectivity index (χ2n) is 4.28. The Hall–Kier alpha value is -3.09. The van der Waals surface area contributed by atoms with Crippen LogP contribution in [-0.2, 0) is 6.54 Å². The molecule has 1 amide bonds. The summed E-state index contributed by atoms with van der Waals surface area (Å²) in [5.41, 5.74) is 0.0989. The van der Waals surface area contributed by atoms with Crippen LogP contribution in [0.4, 0.5) is 0 Å². The second-order valence-corrected chi connectivity index (χ2v) is 4.28. The molecule has 3 N–H and O–H groups in total. The number of amides is 1. The molecule has 0 unspecified atom stereocenters. The van der Waals surface area contributed by atoms with Gasteiger partial charge in [-0.25, -0.2) is 0 Å². The average Bonchev–Trinajstić information content (AvgIpc) is 2.49. The molecule has 0 aliphatic rings. The summed E-state index contributed by atoms with van der Waals surface area (Å²) < 4.78 is 0.554. The van der Waals surface area contributed by atoms with Gasteiger partial charge in [-0.1, -0.05) is 12.1 Å². The van der Waals surface area contributed by atoms with E-state index in [1.54, 1.807) is 12.1 Å². The van der Waals surface area contributed by atoms with Crippen LogP contribution in [0.25, 0.3) is 0 Å². The molecule has 2 rings (SSSR count). The number of hydrogen-bond acceptors (Lipinski definition) is 5. The van der Waals surface area contributed by atoms with E-state index in [2.05, 4.69) is 5.32 Å². The zero-order chi connectivity index (χ0) is 15.4. The van der Waals surface area contributed by atoms with Gasteiger partial charge in [0.2, 0.25) is 5.43 Å². The van der Waals surface area contributed by atoms with Gasteiger partial charge in [0, 0.05) is 17.2 Å². The molecule has 0 bridgehead atoms. The Kier molecular flexibility index (Phi) is 4.03. The quantitative estimate of drug-likeness (QED) is 0.562. The highest BCUT2D eigenvalue weighted by Crippen LogP contribution is 2.05. The van der Waals surface area contributed by atoms with Gasteiger partial charge in [0.25, 0.3) is 5.91 Å². The van der Waals surface area contributed by atoms with E-state index in [0.29, 0.717) is 16.6 Å². The average molecular weight is 288 g/mol. The van der Waals surface area contributed by atoms with E-state index in [1.165, 1.54) is 12.1 Å². The molecule has 0 fully saturated rings. The normalized spacial score (nSPS) is 10.1. The third-order valence-corrected chi connectivity index (χ3v) is 2.80. The van der Waals surface area contributed by atoms with Gasteiger partial charge in [0.05, 0.1) is 18.4 Å². The molecule has 0 saturated carbocycles. The fourth-order valence-corrected chi connectivity index (χ4v) is 1.71. The van der Waals surface area contributed by atoms with Gasteiger partial charge in [-0.3, -0.25) is 14.4 Å². The van der Waals surface area contributed by atoms with Crippen molar-refractivity contribution < 1.29 is 19.9 Å². The minimum absolute atomic E-state index is 0.109. The first-order chi connectivity index (χ1) is 10.0. The molecule has 0 saturated heterocycles. The lowest BCUT2D eigenvalue weighted by Gasteiger charge is -2.09. The number of hydrogen-bond donors (Lipinski definition) is 3. The van der Waals surface area contributed by atoms with E-state index in [1.807, 2.05) is 0 Å². The topological polar surface area (TPSA) is 109 Å². The lowest BCUT2D eigenvalue weighted by molar-refractivity contribution is 0.0945. The molecule has 0 atom stereocenters. The van der Waals surface area contributed by atoms with Crippen molar-refractivity contribution >= 4 is 12.2 Å². The van der Waals surface area contributed by atoms with Crippen LogP contribution in [-0.4, -0.2) is 27.2 Å². The van der Waals surface area contributed by atoms with E-state index in [0.717, 1.165) is 12.3 Å². The number of rotatable bonds is 4. The summed E-state index contributed by atoms with van der Waals surface area (Å²) in [4.78, 5) is 33.8. The van der Waals surface area contributed by atoms with Gasteiger partial charge in [0.1, 0.15) is 6.29 Å². The first-order valence-corrected chi connectivity index (χ1v) is 5.98. The molecule has 1 aromatic carbocycles. The molecule has 21 heavy (non-hydrogen) atoms. The van der Waals surface area contributed by atoms with E-state index in [-0.39, 0.29) is 17.8 Å². The van der Waals surface area contributed by atoms with Crippen molar-refractivity contribution in [1.29, 1.82) is 0 Å². The number of benzene rings is 1. The summed E-state index contributed by atoms with van der Waals surface area (Å²) in [5.74, 6) is -1.05. The van der Waals surface area contributed by atoms with E-state index in [4.69, 9.17) is 5.11 Å². The van der Waals surface area contributed by atoms with Crippen molar-refractivity contribution in [2.75, 3.05) is 0 Å². The Morgan fingerprint density at radius 2 is 2.10 bits per heavy atom. The predicted octanol–water partition coefficient (Wildman–Crippen LogP) is 0.534. The Balaban J connectivity index is 2.12. The fourth-order valence-electron chi connectivity index (χ4n) is 1.71. The predicted molar refractivity (Wildman–Crippen MR) is 72.6 cm³/mol. The van der Waals surface area contributed by atoms with Gasteiger partial charge < -0.3 is 15.6 Å². The molecular weight excluding hydrogens is 276 g/mol. The van der Waals surface area contributed by atoms with Gasteiger partial charge in [-0.05, 0) is 12.1 Å². The van der Waals surface area contributed by atoms with Crippen LogP contribution in [0.5, 0.6) is 5.75 Å². The largest absolute Gasteiger partial charge is 0.503 e. The third-order valence-electron chi connectivity index (χ3n) is 2.80. The van der Waals surface area contributed by atoms with Crippen LogP contribution in [0.2, 0.25) is 0 Å². The zero-order valence-corrected chi connectivity index (χ0v) is 10.8. The number of nitrogens with one attached hydrogen (secondary N) is 1. The SMILES string of the molecule is O=Cc1cccc(C(=O)NCc2cc(=O)c(O)cn2O)c1. The number of carbonyl (C=O) groups excluding carboxylic acids is 2. The first-order valence-electron chi connectivity index (χ1n) is 5.98. The van der Waals surface area contributed by atoms with Crippen molar-refractivity contribution in [3.63, 3.8) is 0 Å². The number of aromatic hydroxyl groups is 1. The number of pyridine rings is 1. The zero-order valence-electron chi connectivity index (χ0n) is 10.8. The van der Waals surface area contributed by atoms with Crippen molar-refractivity contribution in [3.8, 4) is 5.75 Å². The number of aromatic nitrogens is 1. The molecule has 0 spiro atoms. The third kappa shape index (κ3) is 3.27. The van der Waals surface area contributed by atoms with E-state index in [9.17, 15) is 19.6 Å². The van der Waals surface area contributed by atoms with Gasteiger partial charge in [-0.15, -0.1) is 0 Å². The highest BCUT2D eigenvalue weighted by atomic mass is 16.5. The summed E-state index contributed by atoms with van der Waals surface area (Å²) in [5, 5.41) is 21.1. The molecular formula is C14H12N2O5. The van der Waals surface area contributed by atoms with Crippen LogP contribution in [0.15, 0.2) is 41.3 Å². The molecule has 0 aliphatic heterocycles. The van der Waals surface area contributed by atoms with Crippen molar-refractivity contribution in [2.24, 2.45) is 0 Å². The monoisotopic (exact) mass is 288 g/mol. The van der Waals surface area contributed by atoms with Crippen molar-refractivity contribution in [2.45, 2.75) is 6.54 Å². The van der Waals surface area contributed by atoms with Crippen molar-refractivity contribution in [3.05, 3.63) is 63.6 Å². The molecule has 1 aromatic heterocycles. The number of carbonyl (C=O) groups is 2. The minimum Gasteiger partial charge on any atom is -0.503 e. The molecule has 7 nitrogen and oxygen atoms in total. The van der Waals surface area contributed by atoms with E-state index < -0.39 is 17.1 Å². The Bertz CT molecular complexity index is 751. The maximum absolute atomic E-state index is 11.9. The summed E-state index contributed by atoms with van der Waals surface area (Å²) >= 11 is 0. The second kappa shape index (κ2) is 5.91. The highest BCUT2D eigenvalue weighted by Gasteiger charge is 2.09. The summed E-state index contributed by atoms with van der Waals surface area (Å²) in [6.45, 7) is -0.115. The van der Waals surface area contributed by atoms with Gasteiger partial charge in [0.15, 0.2) is 5.75 Å². The first kappa shape index (κ1) is 14.3. The van der Waals surface area contributed by atoms with Crippen LogP contribution in [0.1, 0.15) is 26.4 Å². The van der Waals surface area contributed by atoms with Crippen LogP contribution in [0.3, 0.4) is 0 Å².